The summed E-state index contributed by atoms with van der Waals surface area (Å²) in [6, 6.07) is 14.9. The molecule has 1 heterocycles. The van der Waals surface area contributed by atoms with Crippen molar-refractivity contribution in [3.63, 3.8) is 0 Å². The van der Waals surface area contributed by atoms with Gasteiger partial charge in [0.25, 0.3) is 5.56 Å². The summed E-state index contributed by atoms with van der Waals surface area (Å²) in [4.78, 5) is 12.2. The molecule has 0 unspecified atom stereocenters. The third-order valence-electron chi connectivity index (χ3n) is 2.82. The first-order valence-electron chi connectivity index (χ1n) is 5.61. The zero-order chi connectivity index (χ0) is 12.5. The monoisotopic (exact) mass is 257 g/mol. The van der Waals surface area contributed by atoms with Gasteiger partial charge in [-0.3, -0.25) is 4.79 Å². The van der Waals surface area contributed by atoms with Gasteiger partial charge >= 0.3 is 0 Å². The Bertz CT molecular complexity index is 758. The third kappa shape index (κ3) is 1.75. The van der Waals surface area contributed by atoms with Gasteiger partial charge in [-0.05, 0) is 29.8 Å². The minimum atomic E-state index is -0.0204. The fraction of sp³-hybridized carbons (Fsp3) is 0.0714. The Morgan fingerprint density at radius 1 is 1.11 bits per heavy atom. The van der Waals surface area contributed by atoms with E-state index < -0.39 is 0 Å². The van der Waals surface area contributed by atoms with Crippen LogP contribution in [0.2, 0.25) is 0 Å². The fourth-order valence-corrected chi connectivity index (χ4v) is 2.91. The topological polar surface area (TPSA) is 42.2 Å². The number of aromatic nitrogens is 1. The van der Waals surface area contributed by atoms with Gasteiger partial charge in [0.05, 0.1) is 22.4 Å². The summed E-state index contributed by atoms with van der Waals surface area (Å²) in [7, 11) is 0. The summed E-state index contributed by atoms with van der Waals surface area (Å²) in [5.41, 5.74) is 1.59. The van der Waals surface area contributed by atoms with Gasteiger partial charge in [-0.1, -0.05) is 35.8 Å². The average Bonchev–Trinajstić information content (AvgIpc) is 2.77. The van der Waals surface area contributed by atoms with Crippen LogP contribution in [-0.4, -0.2) is 9.06 Å². The second kappa shape index (κ2) is 4.40. The number of hydrogen-bond acceptors (Lipinski definition) is 3. The molecular weight excluding hydrogens is 246 g/mol. The SMILES string of the molecule is O=c1c2ccccc2sn1-c1cccc(CO)c1. The van der Waals surface area contributed by atoms with Crippen molar-refractivity contribution in [1.29, 1.82) is 0 Å². The molecule has 0 atom stereocenters. The molecule has 3 aromatic rings. The zero-order valence-electron chi connectivity index (χ0n) is 9.54. The second-order valence-corrected chi connectivity index (χ2v) is 5.00. The summed E-state index contributed by atoms with van der Waals surface area (Å²) in [6.45, 7) is -0.0204. The second-order valence-electron chi connectivity index (χ2n) is 4.01. The summed E-state index contributed by atoms with van der Waals surface area (Å²) in [6.07, 6.45) is 0. The van der Waals surface area contributed by atoms with Crippen LogP contribution in [0.25, 0.3) is 15.8 Å². The van der Waals surface area contributed by atoms with Crippen LogP contribution in [0.4, 0.5) is 0 Å². The zero-order valence-corrected chi connectivity index (χ0v) is 10.4. The molecule has 1 N–H and O–H groups in total. The van der Waals surface area contributed by atoms with E-state index in [2.05, 4.69) is 0 Å². The van der Waals surface area contributed by atoms with Crippen molar-refractivity contribution in [1.82, 2.24) is 3.96 Å². The van der Waals surface area contributed by atoms with Crippen molar-refractivity contribution < 1.29 is 5.11 Å². The van der Waals surface area contributed by atoms with Gasteiger partial charge < -0.3 is 5.11 Å². The number of nitrogens with zero attached hydrogens (tertiary/aromatic N) is 1. The Labute approximate surface area is 108 Å². The molecule has 2 aromatic carbocycles. The maximum Gasteiger partial charge on any atom is 0.273 e. The van der Waals surface area contributed by atoms with Gasteiger partial charge in [-0.2, -0.15) is 0 Å². The van der Waals surface area contributed by atoms with Gasteiger partial charge in [-0.25, -0.2) is 3.96 Å². The first-order chi connectivity index (χ1) is 8.79. The first kappa shape index (κ1) is 11.2. The van der Waals surface area contributed by atoms with Crippen LogP contribution < -0.4 is 5.56 Å². The molecular formula is C14H11NO2S. The van der Waals surface area contributed by atoms with Crippen LogP contribution in [0, 0.1) is 0 Å². The number of aliphatic hydroxyl groups excluding tert-OH is 1. The minimum Gasteiger partial charge on any atom is -0.392 e. The van der Waals surface area contributed by atoms with Gasteiger partial charge in [-0.15, -0.1) is 0 Å². The highest BCUT2D eigenvalue weighted by Gasteiger charge is 2.08. The minimum absolute atomic E-state index is 0.00862. The molecule has 0 amide bonds. The molecule has 0 aliphatic heterocycles. The quantitative estimate of drug-likeness (QED) is 0.766. The largest absolute Gasteiger partial charge is 0.392 e. The Morgan fingerprint density at radius 3 is 2.72 bits per heavy atom. The van der Waals surface area contributed by atoms with Crippen molar-refractivity contribution >= 4 is 21.6 Å². The van der Waals surface area contributed by atoms with Gasteiger partial charge in [0, 0.05) is 0 Å². The Hall–Kier alpha value is -1.91. The molecule has 18 heavy (non-hydrogen) atoms. The lowest BCUT2D eigenvalue weighted by molar-refractivity contribution is 0.282. The molecule has 0 bridgehead atoms. The van der Waals surface area contributed by atoms with Crippen LogP contribution in [0.5, 0.6) is 0 Å². The lowest BCUT2D eigenvalue weighted by atomic mass is 10.2. The highest BCUT2D eigenvalue weighted by Crippen LogP contribution is 2.20. The van der Waals surface area contributed by atoms with Gasteiger partial charge in [0.1, 0.15) is 0 Å². The van der Waals surface area contributed by atoms with E-state index in [0.29, 0.717) is 0 Å². The van der Waals surface area contributed by atoms with Crippen LogP contribution in [0.1, 0.15) is 5.56 Å². The average molecular weight is 257 g/mol. The highest BCUT2D eigenvalue weighted by atomic mass is 32.1. The van der Waals surface area contributed by atoms with E-state index in [-0.39, 0.29) is 12.2 Å². The van der Waals surface area contributed by atoms with E-state index >= 15 is 0 Å². The molecule has 0 saturated carbocycles. The van der Waals surface area contributed by atoms with Crippen LogP contribution in [0.15, 0.2) is 53.3 Å². The normalized spacial score (nSPS) is 10.9. The van der Waals surface area contributed by atoms with Crippen molar-refractivity contribution in [3.8, 4) is 5.69 Å². The molecule has 0 spiro atoms. The summed E-state index contributed by atoms with van der Waals surface area (Å²) < 4.78 is 2.63. The number of benzene rings is 2. The highest BCUT2D eigenvalue weighted by molar-refractivity contribution is 7.14. The molecule has 0 aliphatic rings. The number of aliphatic hydroxyl groups is 1. The number of rotatable bonds is 2. The van der Waals surface area contributed by atoms with Gasteiger partial charge in [0.15, 0.2) is 0 Å². The molecule has 0 radical (unpaired) electrons. The van der Waals surface area contributed by atoms with E-state index in [1.165, 1.54) is 11.5 Å². The standard InChI is InChI=1S/C14H11NO2S/c16-9-10-4-3-5-11(8-10)15-14(17)12-6-1-2-7-13(12)18-15/h1-8,16H,9H2. The summed E-state index contributed by atoms with van der Waals surface area (Å²) in [5, 5.41) is 9.87. The number of hydrogen-bond donors (Lipinski definition) is 1. The fourth-order valence-electron chi connectivity index (χ4n) is 1.92. The summed E-state index contributed by atoms with van der Waals surface area (Å²) in [5.74, 6) is 0. The van der Waals surface area contributed by atoms with Crippen molar-refractivity contribution in [3.05, 3.63) is 64.4 Å². The molecule has 1 aromatic heterocycles. The lowest BCUT2D eigenvalue weighted by Gasteiger charge is -2.02. The van der Waals surface area contributed by atoms with E-state index in [4.69, 9.17) is 5.11 Å². The van der Waals surface area contributed by atoms with E-state index in [9.17, 15) is 4.79 Å². The van der Waals surface area contributed by atoms with E-state index in [1.54, 1.807) is 3.96 Å². The Kier molecular flexibility index (Phi) is 2.74. The first-order valence-corrected chi connectivity index (χ1v) is 6.38. The maximum atomic E-state index is 12.2. The smallest absolute Gasteiger partial charge is 0.273 e. The van der Waals surface area contributed by atoms with Gasteiger partial charge in [0.2, 0.25) is 0 Å². The third-order valence-corrected chi connectivity index (χ3v) is 3.93. The Morgan fingerprint density at radius 2 is 1.94 bits per heavy atom. The predicted molar refractivity (Wildman–Crippen MR) is 73.3 cm³/mol. The van der Waals surface area contributed by atoms with E-state index in [0.717, 1.165) is 21.3 Å². The Balaban J connectivity index is 2.25. The lowest BCUT2D eigenvalue weighted by Crippen LogP contribution is -2.10. The predicted octanol–water partition coefficient (Wildman–Crippen LogP) is 2.54. The molecule has 4 heteroatoms. The number of fused-ring (bicyclic) bond motifs is 1. The molecule has 0 fully saturated rings. The molecule has 0 aliphatic carbocycles. The van der Waals surface area contributed by atoms with Crippen molar-refractivity contribution in [2.75, 3.05) is 0 Å². The van der Waals surface area contributed by atoms with Crippen LogP contribution in [-0.2, 0) is 6.61 Å². The molecule has 3 nitrogen and oxygen atoms in total. The van der Waals surface area contributed by atoms with Crippen LogP contribution >= 0.6 is 11.5 Å². The van der Waals surface area contributed by atoms with E-state index in [1.807, 2.05) is 48.5 Å². The molecule has 0 saturated heterocycles. The summed E-state index contributed by atoms with van der Waals surface area (Å²) >= 11 is 1.42. The van der Waals surface area contributed by atoms with Crippen molar-refractivity contribution in [2.45, 2.75) is 6.61 Å². The van der Waals surface area contributed by atoms with Crippen molar-refractivity contribution in [2.24, 2.45) is 0 Å². The van der Waals surface area contributed by atoms with Crippen LogP contribution in [0.3, 0.4) is 0 Å². The molecule has 3 rings (SSSR count). The molecule has 90 valence electrons. The maximum absolute atomic E-state index is 12.2.